The smallest absolute Gasteiger partial charge is 0.248 e. The predicted molar refractivity (Wildman–Crippen MR) is 153 cm³/mol. The maximum absolute atomic E-state index is 14.5. The molecule has 0 aromatic rings. The Balaban J connectivity index is 2.09. The van der Waals surface area contributed by atoms with Gasteiger partial charge in [0.1, 0.15) is 11.6 Å². The van der Waals surface area contributed by atoms with Crippen LogP contribution in [0.25, 0.3) is 0 Å². The first kappa shape index (κ1) is 31.3. The van der Waals surface area contributed by atoms with Crippen LogP contribution in [-0.2, 0) is 19.1 Å². The molecule has 2 bridgehead atoms. The fraction of sp³-hybridized carbons (Fsp3) is 0.774. The second-order valence-corrected chi connectivity index (χ2v) is 11.6. The molecule has 3 aliphatic heterocycles. The Morgan fingerprint density at radius 3 is 2.41 bits per heavy atom. The maximum Gasteiger partial charge on any atom is 0.248 e. The summed E-state index contributed by atoms with van der Waals surface area (Å²) >= 11 is 0. The van der Waals surface area contributed by atoms with Gasteiger partial charge in [0, 0.05) is 38.8 Å². The SMILES string of the molecule is C=CCN(CCC)C(=O)[C@H]1[C@H]2C(=O)N(CCCCCO)C(C(=O)N(CC=C)C(C)CCC)C23CC[C@]1(CC)O3. The Labute approximate surface area is 235 Å². The number of aliphatic hydroxyl groups is 1. The molecule has 3 unspecified atom stereocenters. The summed E-state index contributed by atoms with van der Waals surface area (Å²) in [7, 11) is 0. The van der Waals surface area contributed by atoms with Gasteiger partial charge in [0.05, 0.1) is 17.4 Å². The molecule has 0 radical (unpaired) electrons. The standard InChI is InChI=1S/C31H51N3O5/c1-7-15-23(6)33(20-10-4)29(38)26-31-17-16-30(11-5,39-31)24(27(36)32(18-8-2)19-9-3)25(31)28(37)34(26)21-13-12-14-22-35/h8,10,23-26,35H,2,4,7,9,11-22H2,1,3,5-6H3/t23?,24-,25+,26?,30+,31?/m1/s1. The quantitative estimate of drug-likeness (QED) is 0.221. The van der Waals surface area contributed by atoms with Gasteiger partial charge < -0.3 is 24.5 Å². The van der Waals surface area contributed by atoms with E-state index in [1.165, 1.54) is 0 Å². The number of carbonyl (C=O) groups is 3. The molecule has 0 aromatic heterocycles. The summed E-state index contributed by atoms with van der Waals surface area (Å²) in [6.45, 7) is 17.9. The van der Waals surface area contributed by atoms with Crippen molar-refractivity contribution in [3.05, 3.63) is 25.3 Å². The summed E-state index contributed by atoms with van der Waals surface area (Å²) in [4.78, 5) is 48.4. The van der Waals surface area contributed by atoms with Crippen LogP contribution in [0.3, 0.4) is 0 Å². The minimum atomic E-state index is -1.01. The summed E-state index contributed by atoms with van der Waals surface area (Å²) in [5, 5.41) is 9.28. The molecule has 6 atom stereocenters. The number of hydrogen-bond acceptors (Lipinski definition) is 5. The first-order valence-corrected chi connectivity index (χ1v) is 15.2. The summed E-state index contributed by atoms with van der Waals surface area (Å²) in [5.74, 6) is -1.60. The van der Waals surface area contributed by atoms with Gasteiger partial charge in [-0.15, -0.1) is 13.2 Å². The summed E-state index contributed by atoms with van der Waals surface area (Å²) in [6.07, 6.45) is 10.0. The fourth-order valence-electron chi connectivity index (χ4n) is 7.45. The number of hydrogen-bond donors (Lipinski definition) is 1. The van der Waals surface area contributed by atoms with Gasteiger partial charge in [0.25, 0.3) is 0 Å². The van der Waals surface area contributed by atoms with E-state index in [4.69, 9.17) is 4.74 Å². The zero-order chi connectivity index (χ0) is 28.8. The molecule has 3 aliphatic rings. The van der Waals surface area contributed by atoms with Crippen molar-refractivity contribution in [2.24, 2.45) is 11.8 Å². The lowest BCUT2D eigenvalue weighted by Crippen LogP contribution is -2.58. The van der Waals surface area contributed by atoms with Crippen molar-refractivity contribution < 1.29 is 24.2 Å². The number of aliphatic hydroxyl groups excluding tert-OH is 1. The molecule has 8 heteroatoms. The third kappa shape index (κ3) is 5.56. The molecule has 0 aromatic carbocycles. The highest BCUT2D eigenvalue weighted by Crippen LogP contribution is 2.64. The van der Waals surface area contributed by atoms with Gasteiger partial charge in [-0.25, -0.2) is 0 Å². The molecule has 39 heavy (non-hydrogen) atoms. The van der Waals surface area contributed by atoms with Crippen LogP contribution in [0, 0.1) is 11.8 Å². The van der Waals surface area contributed by atoms with Gasteiger partial charge in [-0.3, -0.25) is 14.4 Å². The number of carbonyl (C=O) groups excluding carboxylic acids is 3. The number of fused-ring (bicyclic) bond motifs is 1. The van der Waals surface area contributed by atoms with Crippen molar-refractivity contribution in [2.75, 3.05) is 32.8 Å². The molecule has 3 saturated heterocycles. The van der Waals surface area contributed by atoms with Gasteiger partial charge in [-0.2, -0.15) is 0 Å². The molecule has 0 aliphatic carbocycles. The van der Waals surface area contributed by atoms with Crippen molar-refractivity contribution in [3.8, 4) is 0 Å². The van der Waals surface area contributed by atoms with Crippen molar-refractivity contribution in [3.63, 3.8) is 0 Å². The Bertz CT molecular complexity index is 909. The van der Waals surface area contributed by atoms with E-state index in [0.717, 1.165) is 25.7 Å². The molecule has 0 saturated carbocycles. The van der Waals surface area contributed by atoms with Crippen LogP contribution in [0.5, 0.6) is 0 Å². The van der Waals surface area contributed by atoms with Crippen LogP contribution in [-0.4, -0.2) is 93.6 Å². The molecule has 8 nitrogen and oxygen atoms in total. The van der Waals surface area contributed by atoms with Crippen LogP contribution in [0.15, 0.2) is 25.3 Å². The lowest BCUT2D eigenvalue weighted by Gasteiger charge is -2.39. The fourth-order valence-corrected chi connectivity index (χ4v) is 7.45. The van der Waals surface area contributed by atoms with Crippen LogP contribution >= 0.6 is 0 Å². The minimum Gasteiger partial charge on any atom is -0.396 e. The van der Waals surface area contributed by atoms with E-state index in [0.29, 0.717) is 58.3 Å². The molecule has 1 N–H and O–H groups in total. The minimum absolute atomic E-state index is 0.00825. The van der Waals surface area contributed by atoms with Gasteiger partial charge in [-0.05, 0) is 58.3 Å². The van der Waals surface area contributed by atoms with E-state index in [9.17, 15) is 19.5 Å². The van der Waals surface area contributed by atoms with Crippen molar-refractivity contribution >= 4 is 17.7 Å². The topological polar surface area (TPSA) is 90.4 Å². The molecule has 3 rings (SSSR count). The highest BCUT2D eigenvalue weighted by atomic mass is 16.5. The second-order valence-electron chi connectivity index (χ2n) is 11.6. The first-order chi connectivity index (χ1) is 18.7. The molecular formula is C31H51N3O5. The predicted octanol–water partition coefficient (Wildman–Crippen LogP) is 3.93. The third-order valence-corrected chi connectivity index (χ3v) is 9.24. The number of ether oxygens (including phenoxy) is 1. The lowest BCUT2D eigenvalue weighted by molar-refractivity contribution is -0.156. The van der Waals surface area contributed by atoms with E-state index in [1.807, 2.05) is 25.7 Å². The van der Waals surface area contributed by atoms with E-state index < -0.39 is 29.1 Å². The van der Waals surface area contributed by atoms with Crippen LogP contribution in [0.1, 0.15) is 85.5 Å². The number of likely N-dealkylation sites (tertiary alicyclic amines) is 1. The van der Waals surface area contributed by atoms with Gasteiger partial charge in [0.2, 0.25) is 17.7 Å². The van der Waals surface area contributed by atoms with E-state index in [1.54, 1.807) is 22.0 Å². The second kappa shape index (κ2) is 13.4. The maximum atomic E-state index is 14.5. The molecular weight excluding hydrogens is 494 g/mol. The zero-order valence-corrected chi connectivity index (χ0v) is 24.7. The summed E-state index contributed by atoms with van der Waals surface area (Å²) in [6, 6.07) is -0.778. The molecule has 220 valence electrons. The molecule has 3 amide bonds. The zero-order valence-electron chi connectivity index (χ0n) is 24.7. The average molecular weight is 546 g/mol. The number of nitrogens with zero attached hydrogens (tertiary/aromatic N) is 3. The number of unbranched alkanes of at least 4 members (excludes halogenated alkanes) is 2. The van der Waals surface area contributed by atoms with Crippen molar-refractivity contribution in [1.29, 1.82) is 0 Å². The highest BCUT2D eigenvalue weighted by Gasteiger charge is 2.79. The van der Waals surface area contributed by atoms with Gasteiger partial charge >= 0.3 is 0 Å². The third-order valence-electron chi connectivity index (χ3n) is 9.24. The van der Waals surface area contributed by atoms with Gasteiger partial charge in [0.15, 0.2) is 0 Å². The average Bonchev–Trinajstić information content (AvgIpc) is 3.52. The monoisotopic (exact) mass is 545 g/mol. The summed E-state index contributed by atoms with van der Waals surface area (Å²) in [5.41, 5.74) is -1.76. The normalized spacial score (nSPS) is 29.8. The van der Waals surface area contributed by atoms with E-state index in [2.05, 4.69) is 20.1 Å². The Hall–Kier alpha value is -2.19. The lowest BCUT2D eigenvalue weighted by atomic mass is 9.64. The Morgan fingerprint density at radius 2 is 1.82 bits per heavy atom. The number of rotatable bonds is 17. The van der Waals surface area contributed by atoms with Crippen LogP contribution in [0.4, 0.5) is 0 Å². The van der Waals surface area contributed by atoms with Crippen molar-refractivity contribution in [2.45, 2.75) is 109 Å². The number of amides is 3. The van der Waals surface area contributed by atoms with Crippen LogP contribution in [0.2, 0.25) is 0 Å². The highest BCUT2D eigenvalue weighted by molar-refractivity contribution is 5.99. The Morgan fingerprint density at radius 1 is 1.10 bits per heavy atom. The molecule has 1 spiro atoms. The summed E-state index contributed by atoms with van der Waals surface area (Å²) < 4.78 is 6.94. The molecule has 3 fully saturated rings. The largest absolute Gasteiger partial charge is 0.396 e. The first-order valence-electron chi connectivity index (χ1n) is 15.2. The van der Waals surface area contributed by atoms with E-state index >= 15 is 0 Å². The van der Waals surface area contributed by atoms with Crippen molar-refractivity contribution in [1.82, 2.24) is 14.7 Å². The Kier molecular flexibility index (Phi) is 10.8. The van der Waals surface area contributed by atoms with E-state index in [-0.39, 0.29) is 30.4 Å². The van der Waals surface area contributed by atoms with Gasteiger partial charge in [-0.1, -0.05) is 39.3 Å². The molecule has 3 heterocycles. The van der Waals surface area contributed by atoms with Crippen LogP contribution < -0.4 is 0 Å².